The minimum Gasteiger partial charge on any atom is -0.399 e. The van der Waals surface area contributed by atoms with Gasteiger partial charge in [-0.05, 0) is 50.6 Å². The van der Waals surface area contributed by atoms with Crippen molar-refractivity contribution in [3.05, 3.63) is 29.8 Å². The molecule has 4 heteroatoms. The van der Waals surface area contributed by atoms with E-state index in [2.05, 4.69) is 17.0 Å². The van der Waals surface area contributed by atoms with E-state index in [1.165, 1.54) is 5.56 Å². The fraction of sp³-hybridized carbons (Fsp3) is 0.533. The van der Waals surface area contributed by atoms with Crippen LogP contribution in [0.5, 0.6) is 0 Å². The summed E-state index contributed by atoms with van der Waals surface area (Å²) in [5, 5.41) is 0. The molecule has 0 amide bonds. The van der Waals surface area contributed by atoms with Crippen molar-refractivity contribution in [1.29, 1.82) is 0 Å². The Kier molecular flexibility index (Phi) is 4.56. The molecule has 0 radical (unpaired) electrons. The van der Waals surface area contributed by atoms with E-state index in [1.807, 2.05) is 31.1 Å². The highest BCUT2D eigenvalue weighted by atomic mass is 16.1. The standard InChI is InChI=1S/C15H23N3O/c1-17(2)15(11-19)18-9-7-13(8-10-18)12-3-5-14(16)6-4-12/h3-6,11,13,15H,7-10,16H2,1-2H3. The number of nitrogen functional groups attached to an aromatic ring is 1. The van der Waals surface area contributed by atoms with Crippen molar-refractivity contribution in [2.24, 2.45) is 0 Å². The molecule has 1 aliphatic heterocycles. The van der Waals surface area contributed by atoms with Gasteiger partial charge in [0.05, 0.1) is 0 Å². The Morgan fingerprint density at radius 3 is 2.32 bits per heavy atom. The van der Waals surface area contributed by atoms with Gasteiger partial charge < -0.3 is 10.5 Å². The van der Waals surface area contributed by atoms with Gasteiger partial charge in [-0.3, -0.25) is 9.80 Å². The van der Waals surface area contributed by atoms with Gasteiger partial charge in [-0.1, -0.05) is 12.1 Å². The second-order valence-corrected chi connectivity index (χ2v) is 5.49. The fourth-order valence-electron chi connectivity index (χ4n) is 2.80. The lowest BCUT2D eigenvalue weighted by atomic mass is 9.89. The minimum atomic E-state index is -0.0904. The molecule has 1 aliphatic rings. The summed E-state index contributed by atoms with van der Waals surface area (Å²) in [5.41, 5.74) is 7.89. The summed E-state index contributed by atoms with van der Waals surface area (Å²) in [6, 6.07) is 8.18. The lowest BCUT2D eigenvalue weighted by Gasteiger charge is -2.37. The van der Waals surface area contributed by atoms with Gasteiger partial charge in [0.2, 0.25) is 0 Å². The van der Waals surface area contributed by atoms with E-state index in [9.17, 15) is 4.79 Å². The molecule has 2 rings (SSSR count). The highest BCUT2D eigenvalue weighted by Crippen LogP contribution is 2.29. The molecule has 1 aromatic carbocycles. The smallest absolute Gasteiger partial charge is 0.151 e. The van der Waals surface area contributed by atoms with Gasteiger partial charge in [-0.2, -0.15) is 0 Å². The topological polar surface area (TPSA) is 49.6 Å². The minimum absolute atomic E-state index is 0.0904. The van der Waals surface area contributed by atoms with Crippen LogP contribution in [0.4, 0.5) is 5.69 Å². The lowest BCUT2D eigenvalue weighted by Crippen LogP contribution is -2.49. The van der Waals surface area contributed by atoms with Gasteiger partial charge >= 0.3 is 0 Å². The van der Waals surface area contributed by atoms with Crippen molar-refractivity contribution in [2.45, 2.75) is 24.9 Å². The molecule has 1 saturated heterocycles. The molecule has 0 saturated carbocycles. The van der Waals surface area contributed by atoms with Crippen LogP contribution in [0.2, 0.25) is 0 Å². The number of hydrogen-bond acceptors (Lipinski definition) is 4. The van der Waals surface area contributed by atoms with Crippen LogP contribution in [0.15, 0.2) is 24.3 Å². The Labute approximate surface area is 115 Å². The number of rotatable bonds is 4. The molecule has 0 spiro atoms. The van der Waals surface area contributed by atoms with E-state index in [0.717, 1.165) is 37.9 Å². The molecule has 1 heterocycles. The maximum atomic E-state index is 11.1. The van der Waals surface area contributed by atoms with Gasteiger partial charge in [-0.25, -0.2) is 0 Å². The summed E-state index contributed by atoms with van der Waals surface area (Å²) >= 11 is 0. The number of piperidine rings is 1. The van der Waals surface area contributed by atoms with E-state index in [1.54, 1.807) is 0 Å². The summed E-state index contributed by atoms with van der Waals surface area (Å²) in [6.45, 7) is 1.94. The molecule has 0 aliphatic carbocycles. The van der Waals surface area contributed by atoms with Crippen LogP contribution in [0.3, 0.4) is 0 Å². The zero-order valence-corrected chi connectivity index (χ0v) is 11.7. The first-order valence-electron chi connectivity index (χ1n) is 6.83. The number of anilines is 1. The van der Waals surface area contributed by atoms with E-state index >= 15 is 0 Å². The maximum absolute atomic E-state index is 11.1. The van der Waals surface area contributed by atoms with Crippen molar-refractivity contribution < 1.29 is 4.79 Å². The molecule has 1 aromatic rings. The molecule has 1 atom stereocenters. The van der Waals surface area contributed by atoms with Gasteiger partial charge in [0.25, 0.3) is 0 Å². The Morgan fingerprint density at radius 2 is 1.84 bits per heavy atom. The predicted octanol–water partition coefficient (Wildman–Crippen LogP) is 1.53. The summed E-state index contributed by atoms with van der Waals surface area (Å²) in [7, 11) is 3.90. The third-order valence-electron chi connectivity index (χ3n) is 3.96. The second kappa shape index (κ2) is 6.17. The van der Waals surface area contributed by atoms with Crippen LogP contribution in [-0.4, -0.2) is 49.4 Å². The van der Waals surface area contributed by atoms with Crippen LogP contribution >= 0.6 is 0 Å². The monoisotopic (exact) mass is 261 g/mol. The first kappa shape index (κ1) is 14.0. The number of nitrogens with zero attached hydrogens (tertiary/aromatic N) is 2. The van der Waals surface area contributed by atoms with E-state index in [0.29, 0.717) is 5.92 Å². The predicted molar refractivity (Wildman–Crippen MR) is 77.9 cm³/mol. The van der Waals surface area contributed by atoms with Crippen molar-refractivity contribution in [3.63, 3.8) is 0 Å². The van der Waals surface area contributed by atoms with Crippen molar-refractivity contribution in [1.82, 2.24) is 9.80 Å². The third-order valence-corrected chi connectivity index (χ3v) is 3.96. The highest BCUT2D eigenvalue weighted by molar-refractivity contribution is 5.56. The Morgan fingerprint density at radius 1 is 1.26 bits per heavy atom. The first-order valence-corrected chi connectivity index (χ1v) is 6.83. The highest BCUT2D eigenvalue weighted by Gasteiger charge is 2.26. The number of hydrogen-bond donors (Lipinski definition) is 1. The number of aldehydes is 1. The summed E-state index contributed by atoms with van der Waals surface area (Å²) < 4.78 is 0. The van der Waals surface area contributed by atoms with Gasteiger partial charge in [-0.15, -0.1) is 0 Å². The number of benzene rings is 1. The molecule has 1 fully saturated rings. The van der Waals surface area contributed by atoms with Crippen LogP contribution < -0.4 is 5.73 Å². The average molecular weight is 261 g/mol. The van der Waals surface area contributed by atoms with Crippen LogP contribution in [0.1, 0.15) is 24.3 Å². The first-order chi connectivity index (χ1) is 9.11. The summed E-state index contributed by atoms with van der Waals surface area (Å²) in [4.78, 5) is 15.4. The molecule has 2 N–H and O–H groups in total. The largest absolute Gasteiger partial charge is 0.399 e. The Hall–Kier alpha value is -1.39. The SMILES string of the molecule is CN(C)C(C=O)N1CCC(c2ccc(N)cc2)CC1. The van der Waals surface area contributed by atoms with Crippen LogP contribution in [0, 0.1) is 0 Å². The maximum Gasteiger partial charge on any atom is 0.151 e. The quantitative estimate of drug-likeness (QED) is 0.660. The van der Waals surface area contributed by atoms with E-state index in [-0.39, 0.29) is 6.17 Å². The average Bonchev–Trinajstić information content (AvgIpc) is 2.41. The number of likely N-dealkylation sites (N-methyl/N-ethyl adjacent to an activating group) is 1. The molecule has 4 nitrogen and oxygen atoms in total. The molecule has 0 bridgehead atoms. The molecule has 0 aromatic heterocycles. The Bertz CT molecular complexity index is 408. The summed E-state index contributed by atoms with van der Waals surface area (Å²) in [6.07, 6.45) is 3.14. The van der Waals surface area contributed by atoms with Crippen molar-refractivity contribution in [2.75, 3.05) is 32.9 Å². The van der Waals surface area contributed by atoms with Crippen molar-refractivity contribution >= 4 is 12.0 Å². The van der Waals surface area contributed by atoms with E-state index < -0.39 is 0 Å². The van der Waals surface area contributed by atoms with Crippen LogP contribution in [0.25, 0.3) is 0 Å². The number of carbonyl (C=O) groups is 1. The summed E-state index contributed by atoms with van der Waals surface area (Å²) in [5.74, 6) is 0.589. The van der Waals surface area contributed by atoms with Crippen molar-refractivity contribution in [3.8, 4) is 0 Å². The van der Waals surface area contributed by atoms with Gasteiger partial charge in [0.15, 0.2) is 6.29 Å². The van der Waals surface area contributed by atoms with Gasteiger partial charge in [0, 0.05) is 18.8 Å². The normalized spacial score (nSPS) is 19.5. The Balaban J connectivity index is 1.95. The zero-order valence-electron chi connectivity index (χ0n) is 11.7. The molecule has 19 heavy (non-hydrogen) atoms. The number of nitrogens with two attached hydrogens (primary N) is 1. The fourth-order valence-corrected chi connectivity index (χ4v) is 2.80. The third kappa shape index (κ3) is 3.33. The molecule has 104 valence electrons. The molecule has 1 unspecified atom stereocenters. The number of carbonyl (C=O) groups excluding carboxylic acids is 1. The van der Waals surface area contributed by atoms with Gasteiger partial charge in [0.1, 0.15) is 6.17 Å². The molecular weight excluding hydrogens is 238 g/mol. The van der Waals surface area contributed by atoms with Crippen LogP contribution in [-0.2, 0) is 4.79 Å². The second-order valence-electron chi connectivity index (χ2n) is 5.49. The lowest BCUT2D eigenvalue weighted by molar-refractivity contribution is -0.118. The molecular formula is C15H23N3O. The zero-order chi connectivity index (χ0) is 13.8. The van der Waals surface area contributed by atoms with E-state index in [4.69, 9.17) is 5.73 Å². The number of likely N-dealkylation sites (tertiary alicyclic amines) is 1.